The first-order chi connectivity index (χ1) is 22.6. The quantitative estimate of drug-likeness (QED) is 0.138. The maximum atomic E-state index is 13.1. The monoisotopic (exact) mass is 644 g/mol. The standard InChI is InChI=1S/C31H37N9O3.CH5N.CH2O/c1-31(2,3)24(43-34)12-15-35-22-8-10-23(11-9-22)40-29-25(27(32)36-18-37-29)26(38-40)19-4-6-21(7-5-19)30(42)39-16-13-20(14-17-39)28(33)41;2*1-2/h4-12,18,20,35H,13-17,34H2,1-3H3,(H2,33,41)(H2,32,36,37);2H2,1H3;1H2/b24-12-;;. The molecule has 1 aliphatic heterocycles. The van der Waals surface area contributed by atoms with E-state index in [0.29, 0.717) is 66.3 Å². The number of amides is 2. The molecule has 5 rings (SSSR count). The van der Waals surface area contributed by atoms with E-state index in [0.717, 1.165) is 16.9 Å². The lowest BCUT2D eigenvalue weighted by atomic mass is 9.93. The van der Waals surface area contributed by atoms with Crippen LogP contribution in [0.5, 0.6) is 0 Å². The van der Waals surface area contributed by atoms with Gasteiger partial charge < -0.3 is 37.0 Å². The summed E-state index contributed by atoms with van der Waals surface area (Å²) in [5.74, 6) is 5.88. The highest BCUT2D eigenvalue weighted by molar-refractivity contribution is 6.00. The Morgan fingerprint density at radius 2 is 1.64 bits per heavy atom. The number of hydrogen-bond donors (Lipinski definition) is 5. The number of rotatable bonds is 8. The summed E-state index contributed by atoms with van der Waals surface area (Å²) in [6.45, 7) is 9.65. The van der Waals surface area contributed by atoms with E-state index < -0.39 is 0 Å². The molecule has 0 bridgehead atoms. The summed E-state index contributed by atoms with van der Waals surface area (Å²) in [4.78, 5) is 48.0. The van der Waals surface area contributed by atoms with Gasteiger partial charge in [0.2, 0.25) is 5.91 Å². The summed E-state index contributed by atoms with van der Waals surface area (Å²) in [5.41, 5.74) is 20.3. The van der Waals surface area contributed by atoms with Crippen LogP contribution in [0.25, 0.3) is 28.0 Å². The molecule has 0 radical (unpaired) electrons. The average molecular weight is 645 g/mol. The van der Waals surface area contributed by atoms with Crippen molar-refractivity contribution in [2.45, 2.75) is 33.6 Å². The highest BCUT2D eigenvalue weighted by Gasteiger charge is 2.27. The average Bonchev–Trinajstić information content (AvgIpc) is 3.49. The third kappa shape index (κ3) is 8.48. The zero-order valence-corrected chi connectivity index (χ0v) is 27.3. The van der Waals surface area contributed by atoms with Crippen molar-refractivity contribution in [2.75, 3.05) is 37.7 Å². The molecule has 0 spiro atoms. The summed E-state index contributed by atoms with van der Waals surface area (Å²) >= 11 is 0. The number of nitrogens with two attached hydrogens (primary N) is 4. The fourth-order valence-electron chi connectivity index (χ4n) is 5.19. The number of hydrogen-bond acceptors (Lipinski definition) is 11. The molecule has 0 saturated carbocycles. The number of nitrogens with one attached hydrogen (secondary N) is 1. The number of likely N-dealkylation sites (tertiary alicyclic amines) is 1. The van der Waals surface area contributed by atoms with Crippen molar-refractivity contribution in [1.82, 2.24) is 24.6 Å². The Labute approximate surface area is 274 Å². The van der Waals surface area contributed by atoms with Crippen molar-refractivity contribution in [3.05, 3.63) is 72.3 Å². The van der Waals surface area contributed by atoms with E-state index in [1.54, 1.807) is 21.7 Å². The molecule has 0 unspecified atom stereocenters. The van der Waals surface area contributed by atoms with Crippen LogP contribution in [-0.4, -0.2) is 69.9 Å². The number of carbonyl (C=O) groups is 3. The molecule has 1 saturated heterocycles. The normalized spacial score (nSPS) is 13.6. The molecule has 2 aromatic heterocycles. The topological polar surface area (TPSA) is 223 Å². The molecule has 0 aliphatic carbocycles. The molecule has 2 amide bonds. The largest absolute Gasteiger partial charge is 0.416 e. The Bertz CT molecular complexity index is 1670. The van der Waals surface area contributed by atoms with Crippen molar-refractivity contribution in [1.29, 1.82) is 0 Å². The SMILES string of the molecule is C=O.CC(C)(C)/C(=C/CNc1ccc(-n2nc(-c3ccc(C(=O)N4CCC(C(N)=O)CC4)cc3)c3c(N)ncnc32)cc1)ON.CN. The molecule has 0 atom stereocenters. The maximum absolute atomic E-state index is 13.1. The first-order valence-electron chi connectivity index (χ1n) is 15.0. The number of carbonyl (C=O) groups excluding carboxylic acids is 3. The van der Waals surface area contributed by atoms with Crippen LogP contribution in [0.1, 0.15) is 44.0 Å². The lowest BCUT2D eigenvalue weighted by Gasteiger charge is -2.30. The van der Waals surface area contributed by atoms with Crippen LogP contribution in [0, 0.1) is 11.3 Å². The van der Waals surface area contributed by atoms with Gasteiger partial charge in [-0.15, -0.1) is 0 Å². The predicted molar refractivity (Wildman–Crippen MR) is 183 cm³/mol. The Hall–Kier alpha value is -5.34. The number of benzene rings is 2. The van der Waals surface area contributed by atoms with Gasteiger partial charge in [0.1, 0.15) is 30.4 Å². The van der Waals surface area contributed by atoms with Crippen molar-refractivity contribution in [3.8, 4) is 16.9 Å². The molecular formula is C33H44N10O4. The van der Waals surface area contributed by atoms with E-state index in [-0.39, 0.29) is 23.1 Å². The Balaban J connectivity index is 0.00000144. The van der Waals surface area contributed by atoms with Gasteiger partial charge in [-0.25, -0.2) is 14.6 Å². The first-order valence-corrected chi connectivity index (χ1v) is 15.0. The lowest BCUT2D eigenvalue weighted by Crippen LogP contribution is -2.41. The lowest BCUT2D eigenvalue weighted by molar-refractivity contribution is -0.123. The number of nitrogens with zero attached hydrogens (tertiary/aromatic N) is 5. The molecule has 3 heterocycles. The number of piperidine rings is 1. The highest BCUT2D eigenvalue weighted by Crippen LogP contribution is 2.32. The van der Waals surface area contributed by atoms with Crippen molar-refractivity contribution in [2.24, 2.45) is 28.7 Å². The molecule has 4 aromatic rings. The minimum absolute atomic E-state index is 0.0814. The second-order valence-electron chi connectivity index (χ2n) is 11.6. The smallest absolute Gasteiger partial charge is 0.253 e. The number of anilines is 2. The van der Waals surface area contributed by atoms with Gasteiger partial charge in [0.05, 0.1) is 11.1 Å². The first kappa shape index (κ1) is 36.1. The van der Waals surface area contributed by atoms with Crippen molar-refractivity contribution >= 4 is 41.1 Å². The van der Waals surface area contributed by atoms with Gasteiger partial charge in [-0.05, 0) is 62.4 Å². The molecule has 9 N–H and O–H groups in total. The minimum Gasteiger partial charge on any atom is -0.416 e. The van der Waals surface area contributed by atoms with Crippen molar-refractivity contribution in [3.63, 3.8) is 0 Å². The molecule has 47 heavy (non-hydrogen) atoms. The second kappa shape index (κ2) is 16.3. The zero-order chi connectivity index (χ0) is 34.7. The fourth-order valence-corrected chi connectivity index (χ4v) is 5.19. The summed E-state index contributed by atoms with van der Waals surface area (Å²) in [5, 5.41) is 8.84. The van der Waals surface area contributed by atoms with Gasteiger partial charge in [-0.3, -0.25) is 9.59 Å². The van der Waals surface area contributed by atoms with Crippen LogP contribution in [0.15, 0.2) is 66.7 Å². The summed E-state index contributed by atoms with van der Waals surface area (Å²) in [6, 6.07) is 15.0. The second-order valence-corrected chi connectivity index (χ2v) is 11.6. The molecule has 14 nitrogen and oxygen atoms in total. The fraction of sp³-hybridized carbons (Fsp3) is 0.333. The zero-order valence-electron chi connectivity index (χ0n) is 27.3. The van der Waals surface area contributed by atoms with E-state index in [1.807, 2.05) is 70.0 Å². The van der Waals surface area contributed by atoms with Crippen molar-refractivity contribution < 1.29 is 19.2 Å². The summed E-state index contributed by atoms with van der Waals surface area (Å²) in [7, 11) is 1.50. The van der Waals surface area contributed by atoms with E-state index in [2.05, 4.69) is 21.0 Å². The van der Waals surface area contributed by atoms with E-state index in [4.69, 9.17) is 32.1 Å². The van der Waals surface area contributed by atoms with Gasteiger partial charge >= 0.3 is 0 Å². The number of primary amides is 1. The van der Waals surface area contributed by atoms with Gasteiger partial charge in [0.25, 0.3) is 5.91 Å². The Morgan fingerprint density at radius 1 is 1.02 bits per heavy atom. The molecule has 250 valence electrons. The third-order valence-corrected chi connectivity index (χ3v) is 7.66. The van der Waals surface area contributed by atoms with Crippen LogP contribution < -0.4 is 28.4 Å². The highest BCUT2D eigenvalue weighted by atomic mass is 16.6. The summed E-state index contributed by atoms with van der Waals surface area (Å²) in [6.07, 6.45) is 4.50. The van der Waals surface area contributed by atoms with Gasteiger partial charge in [0, 0.05) is 47.8 Å². The summed E-state index contributed by atoms with van der Waals surface area (Å²) < 4.78 is 1.73. The van der Waals surface area contributed by atoms with Crippen LogP contribution in [-0.2, 0) is 14.4 Å². The molecule has 14 heteroatoms. The molecular weight excluding hydrogens is 600 g/mol. The molecule has 1 fully saturated rings. The third-order valence-electron chi connectivity index (χ3n) is 7.66. The van der Waals surface area contributed by atoms with Crippen LogP contribution >= 0.6 is 0 Å². The van der Waals surface area contributed by atoms with Crippen LogP contribution in [0.2, 0.25) is 0 Å². The molecule has 2 aromatic carbocycles. The number of aromatic nitrogens is 4. The van der Waals surface area contributed by atoms with Crippen LogP contribution in [0.3, 0.4) is 0 Å². The van der Waals surface area contributed by atoms with E-state index in [9.17, 15) is 9.59 Å². The van der Waals surface area contributed by atoms with Gasteiger partial charge in [-0.2, -0.15) is 11.0 Å². The number of nitrogen functional groups attached to an aromatic ring is 1. The Kier molecular flexibility index (Phi) is 12.5. The van der Waals surface area contributed by atoms with E-state index in [1.165, 1.54) is 13.4 Å². The maximum Gasteiger partial charge on any atom is 0.253 e. The van der Waals surface area contributed by atoms with E-state index >= 15 is 0 Å². The Morgan fingerprint density at radius 3 is 2.19 bits per heavy atom. The van der Waals surface area contributed by atoms with Gasteiger partial charge in [0.15, 0.2) is 5.65 Å². The van der Waals surface area contributed by atoms with Crippen LogP contribution in [0.4, 0.5) is 11.5 Å². The van der Waals surface area contributed by atoms with Gasteiger partial charge in [-0.1, -0.05) is 32.9 Å². The number of allylic oxidation sites excluding steroid dienone is 1. The predicted octanol–water partition coefficient (Wildman–Crippen LogP) is 3.02. The number of fused-ring (bicyclic) bond motifs is 1. The minimum atomic E-state index is -0.306. The molecule has 1 aliphatic rings.